The fourth-order valence-corrected chi connectivity index (χ4v) is 4.16. The average molecular weight is 349 g/mol. The molecule has 1 aliphatic carbocycles. The number of hydrogen-bond donors (Lipinski definition) is 0. The lowest BCUT2D eigenvalue weighted by Crippen LogP contribution is -2.37. The zero-order valence-electron chi connectivity index (χ0n) is 14.5. The molecule has 3 aromatic rings. The van der Waals surface area contributed by atoms with Crippen LogP contribution >= 0.6 is 0 Å². The van der Waals surface area contributed by atoms with Crippen molar-refractivity contribution < 1.29 is 9.21 Å². The van der Waals surface area contributed by atoms with Gasteiger partial charge < -0.3 is 9.32 Å². The minimum absolute atomic E-state index is 0.0724. The quantitative estimate of drug-likeness (QED) is 0.727. The third-order valence-corrected chi connectivity index (χ3v) is 5.52. The maximum atomic E-state index is 13.0. The summed E-state index contributed by atoms with van der Waals surface area (Å²) in [6, 6.07) is 5.85. The monoisotopic (exact) mass is 349 g/mol. The van der Waals surface area contributed by atoms with Crippen molar-refractivity contribution in [3.8, 4) is 17.4 Å². The zero-order chi connectivity index (χ0) is 17.7. The van der Waals surface area contributed by atoms with Gasteiger partial charge in [0.05, 0.1) is 23.7 Å². The van der Waals surface area contributed by atoms with Crippen molar-refractivity contribution in [3.05, 3.63) is 48.1 Å². The lowest BCUT2D eigenvalue weighted by molar-refractivity contribution is 0.0703. The molecular weight excluding hydrogens is 330 g/mol. The number of rotatable bonds is 3. The van der Waals surface area contributed by atoms with Crippen LogP contribution in [0.2, 0.25) is 0 Å². The van der Waals surface area contributed by atoms with Crippen LogP contribution in [-0.2, 0) is 0 Å². The molecule has 1 saturated carbocycles. The van der Waals surface area contributed by atoms with Crippen LogP contribution < -0.4 is 0 Å². The van der Waals surface area contributed by atoms with E-state index in [1.165, 1.54) is 6.42 Å². The average Bonchev–Trinajstić information content (AvgIpc) is 3.45. The van der Waals surface area contributed by atoms with Gasteiger partial charge in [-0.1, -0.05) is 0 Å². The Morgan fingerprint density at radius 3 is 2.96 bits per heavy atom. The Kier molecular flexibility index (Phi) is 3.41. The highest BCUT2D eigenvalue weighted by Crippen LogP contribution is 2.38. The number of fused-ring (bicyclic) bond motifs is 2. The molecular formula is C19H19N5O2. The summed E-state index contributed by atoms with van der Waals surface area (Å²) in [7, 11) is 0. The number of amides is 1. The summed E-state index contributed by atoms with van der Waals surface area (Å²) in [5.41, 5.74) is 2.07. The zero-order valence-corrected chi connectivity index (χ0v) is 14.5. The number of aromatic nitrogens is 4. The second-order valence-corrected chi connectivity index (χ2v) is 7.07. The normalized spacial score (nSPS) is 21.5. The number of carbonyl (C=O) groups is 1. The van der Waals surface area contributed by atoms with E-state index < -0.39 is 0 Å². The summed E-state index contributed by atoms with van der Waals surface area (Å²) >= 11 is 0. The summed E-state index contributed by atoms with van der Waals surface area (Å²) in [5.74, 6) is 1.84. The minimum atomic E-state index is 0.0724. The van der Waals surface area contributed by atoms with Gasteiger partial charge in [-0.05, 0) is 50.3 Å². The summed E-state index contributed by atoms with van der Waals surface area (Å²) in [6.45, 7) is 2.76. The number of carbonyl (C=O) groups excluding carboxylic acids is 1. The second kappa shape index (κ2) is 5.79. The minimum Gasteiger partial charge on any atom is -0.463 e. The van der Waals surface area contributed by atoms with Gasteiger partial charge in [-0.3, -0.25) is 4.79 Å². The van der Waals surface area contributed by atoms with E-state index in [1.54, 1.807) is 29.4 Å². The predicted octanol–water partition coefficient (Wildman–Crippen LogP) is 2.86. The van der Waals surface area contributed by atoms with E-state index in [2.05, 4.69) is 15.1 Å². The highest BCUT2D eigenvalue weighted by atomic mass is 16.3. The maximum Gasteiger partial charge on any atom is 0.257 e. The Morgan fingerprint density at radius 2 is 2.23 bits per heavy atom. The topological polar surface area (TPSA) is 77.0 Å². The van der Waals surface area contributed by atoms with Gasteiger partial charge in [-0.25, -0.2) is 14.6 Å². The highest BCUT2D eigenvalue weighted by molar-refractivity contribution is 5.95. The molecule has 2 bridgehead atoms. The van der Waals surface area contributed by atoms with Gasteiger partial charge >= 0.3 is 0 Å². The van der Waals surface area contributed by atoms with Crippen molar-refractivity contribution in [2.24, 2.45) is 5.92 Å². The van der Waals surface area contributed by atoms with Crippen LogP contribution in [0.15, 0.2) is 41.3 Å². The Morgan fingerprint density at radius 1 is 1.31 bits per heavy atom. The van der Waals surface area contributed by atoms with E-state index in [-0.39, 0.29) is 5.91 Å². The molecule has 2 aliphatic rings. The molecule has 2 fully saturated rings. The molecule has 26 heavy (non-hydrogen) atoms. The van der Waals surface area contributed by atoms with Crippen LogP contribution in [0.5, 0.6) is 0 Å². The molecule has 7 nitrogen and oxygen atoms in total. The molecule has 1 saturated heterocycles. The number of piperidine rings is 1. The maximum absolute atomic E-state index is 13.0. The molecule has 1 aliphatic heterocycles. The molecule has 2 atom stereocenters. The van der Waals surface area contributed by atoms with Gasteiger partial charge in [0.25, 0.3) is 11.9 Å². The van der Waals surface area contributed by atoms with E-state index in [0.29, 0.717) is 34.9 Å². The van der Waals surface area contributed by atoms with Gasteiger partial charge in [0, 0.05) is 18.8 Å². The van der Waals surface area contributed by atoms with Crippen molar-refractivity contribution in [2.75, 3.05) is 6.54 Å². The Labute approximate surface area is 150 Å². The molecule has 7 heteroatoms. The Hall–Kier alpha value is -2.96. The van der Waals surface area contributed by atoms with Crippen LogP contribution in [0.25, 0.3) is 17.4 Å². The lowest BCUT2D eigenvalue weighted by Gasteiger charge is -2.26. The first-order valence-corrected chi connectivity index (χ1v) is 8.93. The fourth-order valence-electron chi connectivity index (χ4n) is 4.16. The molecule has 132 valence electrons. The third-order valence-electron chi connectivity index (χ3n) is 5.52. The van der Waals surface area contributed by atoms with Gasteiger partial charge in [0.15, 0.2) is 5.76 Å². The van der Waals surface area contributed by atoms with Crippen molar-refractivity contribution in [3.63, 3.8) is 0 Å². The van der Waals surface area contributed by atoms with Crippen LogP contribution in [0, 0.1) is 12.8 Å². The van der Waals surface area contributed by atoms with Crippen LogP contribution in [0.4, 0.5) is 0 Å². The van der Waals surface area contributed by atoms with Crippen molar-refractivity contribution in [1.29, 1.82) is 0 Å². The number of furan rings is 1. The van der Waals surface area contributed by atoms with Gasteiger partial charge in [-0.15, -0.1) is 0 Å². The third kappa shape index (κ3) is 2.34. The van der Waals surface area contributed by atoms with Crippen LogP contribution in [-0.4, -0.2) is 43.1 Å². The first-order chi connectivity index (χ1) is 12.7. The molecule has 4 heterocycles. The number of hydrogen-bond acceptors (Lipinski definition) is 5. The second-order valence-electron chi connectivity index (χ2n) is 7.07. The highest BCUT2D eigenvalue weighted by Gasteiger charge is 2.41. The van der Waals surface area contributed by atoms with Gasteiger partial charge in [0.2, 0.25) is 0 Å². The van der Waals surface area contributed by atoms with Crippen molar-refractivity contribution in [1.82, 2.24) is 24.6 Å². The summed E-state index contributed by atoms with van der Waals surface area (Å²) in [5, 5.41) is 4.38. The molecule has 2 unspecified atom stereocenters. The molecule has 0 N–H and O–H groups in total. The summed E-state index contributed by atoms with van der Waals surface area (Å²) in [4.78, 5) is 23.8. The molecule has 5 rings (SSSR count). The van der Waals surface area contributed by atoms with Gasteiger partial charge in [-0.2, -0.15) is 5.10 Å². The Bertz CT molecular complexity index is 962. The number of nitrogens with zero attached hydrogens (tertiary/aromatic N) is 5. The molecule has 0 aromatic carbocycles. The first kappa shape index (κ1) is 15.3. The smallest absolute Gasteiger partial charge is 0.257 e. The van der Waals surface area contributed by atoms with Crippen LogP contribution in [0.1, 0.15) is 35.3 Å². The SMILES string of the molecule is Cc1c(C(=O)N2CC3CCC2C3)cnn1-c1nccc(-c2ccco2)n1. The Balaban J connectivity index is 1.47. The molecule has 0 radical (unpaired) electrons. The number of likely N-dealkylation sites (tertiary alicyclic amines) is 1. The van der Waals surface area contributed by atoms with Crippen molar-refractivity contribution in [2.45, 2.75) is 32.2 Å². The van der Waals surface area contributed by atoms with E-state index in [9.17, 15) is 4.79 Å². The largest absolute Gasteiger partial charge is 0.463 e. The van der Waals surface area contributed by atoms with E-state index in [4.69, 9.17) is 4.42 Å². The van der Waals surface area contributed by atoms with Crippen molar-refractivity contribution >= 4 is 5.91 Å². The lowest BCUT2D eigenvalue weighted by atomic mass is 10.1. The van der Waals surface area contributed by atoms with E-state index >= 15 is 0 Å². The van der Waals surface area contributed by atoms with E-state index in [0.717, 1.165) is 25.1 Å². The van der Waals surface area contributed by atoms with Gasteiger partial charge in [0.1, 0.15) is 5.69 Å². The first-order valence-electron chi connectivity index (χ1n) is 8.93. The van der Waals surface area contributed by atoms with E-state index in [1.807, 2.05) is 24.0 Å². The summed E-state index contributed by atoms with van der Waals surface area (Å²) in [6.07, 6.45) is 8.43. The summed E-state index contributed by atoms with van der Waals surface area (Å²) < 4.78 is 7.02. The molecule has 3 aromatic heterocycles. The molecule has 0 spiro atoms. The predicted molar refractivity (Wildman–Crippen MR) is 93.8 cm³/mol. The van der Waals surface area contributed by atoms with Crippen LogP contribution in [0.3, 0.4) is 0 Å². The molecule has 1 amide bonds. The standard InChI is InChI=1S/C19H19N5O2/c1-12-15(18(25)23-11-13-4-5-14(23)9-13)10-21-24(12)19-20-7-6-16(22-19)17-3-2-8-26-17/h2-3,6-8,10,13-14H,4-5,9,11H2,1H3. The fraction of sp³-hybridized carbons (Fsp3) is 0.368.